The van der Waals surface area contributed by atoms with Gasteiger partial charge in [0, 0.05) is 29.7 Å². The first-order chi connectivity index (χ1) is 21.3. The molecule has 8 nitrogen and oxygen atoms in total. The third kappa shape index (κ3) is 7.29. The van der Waals surface area contributed by atoms with Gasteiger partial charge in [-0.3, -0.25) is 0 Å². The molecular formula is C32H32F3N3O5S. The summed E-state index contributed by atoms with van der Waals surface area (Å²) in [6.45, 7) is 2.22. The van der Waals surface area contributed by atoms with Crippen LogP contribution in [0.2, 0.25) is 0 Å². The smallest absolute Gasteiger partial charge is 0.462 e. The first-order valence-corrected chi connectivity index (χ1v) is 15.6. The highest BCUT2D eigenvalue weighted by Gasteiger charge is 2.36. The van der Waals surface area contributed by atoms with E-state index in [4.69, 9.17) is 14.0 Å². The summed E-state index contributed by atoms with van der Waals surface area (Å²) in [5.41, 5.74) is 2.39. The summed E-state index contributed by atoms with van der Waals surface area (Å²) in [4.78, 5) is 21.3. The van der Waals surface area contributed by atoms with Crippen molar-refractivity contribution >= 4 is 38.9 Å². The van der Waals surface area contributed by atoms with E-state index in [0.717, 1.165) is 42.3 Å². The molecule has 12 heteroatoms. The highest BCUT2D eigenvalue weighted by atomic mass is 32.1. The molecule has 2 fully saturated rings. The summed E-state index contributed by atoms with van der Waals surface area (Å²) < 4.78 is 61.8. The van der Waals surface area contributed by atoms with Gasteiger partial charge in [-0.25, -0.2) is 14.8 Å². The van der Waals surface area contributed by atoms with Crippen LogP contribution in [0.15, 0.2) is 52.0 Å². The number of aliphatic imine (C=N–C) groups is 1. The molecule has 2 saturated carbocycles. The summed E-state index contributed by atoms with van der Waals surface area (Å²) in [6.07, 6.45) is 3.54. The largest absolute Gasteiger partial charge is 0.573 e. The lowest BCUT2D eigenvalue weighted by Gasteiger charge is -2.29. The van der Waals surface area contributed by atoms with E-state index < -0.39 is 6.36 Å². The third-order valence-corrected chi connectivity index (χ3v) is 8.80. The first kappa shape index (κ1) is 30.3. The highest BCUT2D eigenvalue weighted by Crippen LogP contribution is 2.46. The molecule has 1 unspecified atom stereocenters. The Kier molecular flexibility index (Phi) is 8.99. The Morgan fingerprint density at radius 2 is 2.00 bits per heavy atom. The molecule has 4 aromatic rings. The Morgan fingerprint density at radius 3 is 2.73 bits per heavy atom. The maximum atomic E-state index is 13.1. The second kappa shape index (κ2) is 13.1. The Bertz CT molecular complexity index is 1640. The molecular weight excluding hydrogens is 595 g/mol. The van der Waals surface area contributed by atoms with Crippen molar-refractivity contribution in [2.75, 3.05) is 6.61 Å². The standard InChI is InChI=1S/C32H32F3N3O5S/c1-2-40-30(39)21-12-13-25-27(17-21)44-31(37-25)36-15-14-22(16-19-6-5-7-19)41-18-24-28(38-43-29(24)20-10-11-20)23-8-3-4-9-26(23)42-32(33,34)35/h3-4,8-9,12-13,15,17,19-20,22H,2,5-7,10-11,14,16,18H2,1H3/b36-15+. The van der Waals surface area contributed by atoms with Crippen molar-refractivity contribution in [1.82, 2.24) is 10.1 Å². The van der Waals surface area contributed by atoms with Crippen LogP contribution in [0.1, 0.15) is 79.5 Å². The molecule has 0 radical (unpaired) electrons. The fraction of sp³-hybridized carbons (Fsp3) is 0.438. The van der Waals surface area contributed by atoms with Gasteiger partial charge in [-0.15, -0.1) is 13.2 Å². The number of ether oxygens (including phenoxy) is 3. The van der Waals surface area contributed by atoms with Gasteiger partial charge in [-0.05, 0) is 62.4 Å². The molecule has 232 valence electrons. The van der Waals surface area contributed by atoms with Crippen LogP contribution in [0.25, 0.3) is 21.5 Å². The second-order valence-electron chi connectivity index (χ2n) is 11.1. The predicted molar refractivity (Wildman–Crippen MR) is 159 cm³/mol. The lowest BCUT2D eigenvalue weighted by atomic mass is 9.81. The number of alkyl halides is 3. The average molecular weight is 628 g/mol. The van der Waals surface area contributed by atoms with Gasteiger partial charge in [0.1, 0.15) is 17.2 Å². The number of nitrogens with zero attached hydrogens (tertiary/aromatic N) is 3. The number of halogens is 3. The molecule has 2 aliphatic carbocycles. The summed E-state index contributed by atoms with van der Waals surface area (Å²) in [5, 5.41) is 4.76. The number of esters is 1. The van der Waals surface area contributed by atoms with Gasteiger partial charge >= 0.3 is 12.3 Å². The van der Waals surface area contributed by atoms with Crippen LogP contribution in [0.4, 0.5) is 18.3 Å². The van der Waals surface area contributed by atoms with E-state index in [2.05, 4.69) is 19.9 Å². The van der Waals surface area contributed by atoms with Crippen LogP contribution in [0, 0.1) is 5.92 Å². The molecule has 44 heavy (non-hydrogen) atoms. The fourth-order valence-electron chi connectivity index (χ4n) is 5.31. The average Bonchev–Trinajstić information content (AvgIpc) is 3.59. The van der Waals surface area contributed by atoms with Crippen LogP contribution < -0.4 is 4.74 Å². The molecule has 0 bridgehead atoms. The number of benzene rings is 2. The summed E-state index contributed by atoms with van der Waals surface area (Å²) in [7, 11) is 0. The van der Waals surface area contributed by atoms with E-state index in [1.54, 1.807) is 43.5 Å². The fourth-order valence-corrected chi connectivity index (χ4v) is 6.18. The molecule has 0 aliphatic heterocycles. The van der Waals surface area contributed by atoms with E-state index in [9.17, 15) is 18.0 Å². The quantitative estimate of drug-likeness (QED) is 0.108. The van der Waals surface area contributed by atoms with Crippen molar-refractivity contribution < 1.29 is 36.7 Å². The Labute approximate surface area is 256 Å². The summed E-state index contributed by atoms with van der Waals surface area (Å²) >= 11 is 1.39. The van der Waals surface area contributed by atoms with Crippen molar-refractivity contribution in [2.45, 2.75) is 76.9 Å². The van der Waals surface area contributed by atoms with Gasteiger partial charge in [0.05, 0.1) is 35.1 Å². The maximum absolute atomic E-state index is 13.1. The molecule has 6 rings (SSSR count). The maximum Gasteiger partial charge on any atom is 0.573 e. The summed E-state index contributed by atoms with van der Waals surface area (Å²) in [6, 6.07) is 11.2. The molecule has 0 saturated heterocycles. The van der Waals surface area contributed by atoms with E-state index in [1.807, 2.05) is 0 Å². The Balaban J connectivity index is 1.19. The lowest BCUT2D eigenvalue weighted by molar-refractivity contribution is -0.274. The van der Waals surface area contributed by atoms with Gasteiger partial charge in [0.2, 0.25) is 5.13 Å². The van der Waals surface area contributed by atoms with Crippen LogP contribution in [0.5, 0.6) is 5.75 Å². The number of fused-ring (bicyclic) bond motifs is 1. The van der Waals surface area contributed by atoms with Gasteiger partial charge in [0.25, 0.3) is 0 Å². The van der Waals surface area contributed by atoms with E-state index >= 15 is 0 Å². The minimum absolute atomic E-state index is 0.147. The monoisotopic (exact) mass is 627 g/mol. The number of carbonyl (C=O) groups excluding carboxylic acids is 1. The highest BCUT2D eigenvalue weighted by molar-refractivity contribution is 7.22. The van der Waals surface area contributed by atoms with Crippen LogP contribution >= 0.6 is 11.3 Å². The van der Waals surface area contributed by atoms with Crippen molar-refractivity contribution in [3.63, 3.8) is 0 Å². The Morgan fingerprint density at radius 1 is 1.18 bits per heavy atom. The number of para-hydroxylation sites is 1. The van der Waals surface area contributed by atoms with Crippen molar-refractivity contribution in [2.24, 2.45) is 10.9 Å². The van der Waals surface area contributed by atoms with Gasteiger partial charge in [0.15, 0.2) is 0 Å². The van der Waals surface area contributed by atoms with Crippen LogP contribution in [-0.4, -0.2) is 41.4 Å². The third-order valence-electron chi connectivity index (χ3n) is 7.88. The minimum Gasteiger partial charge on any atom is -0.462 e. The molecule has 0 spiro atoms. The van der Waals surface area contributed by atoms with Gasteiger partial charge in [-0.2, -0.15) is 0 Å². The zero-order chi connectivity index (χ0) is 30.7. The zero-order valence-corrected chi connectivity index (χ0v) is 25.0. The number of rotatable bonds is 13. The minimum atomic E-state index is -4.84. The summed E-state index contributed by atoms with van der Waals surface area (Å²) in [5.74, 6) is 0.694. The second-order valence-corrected chi connectivity index (χ2v) is 12.1. The molecule has 0 amide bonds. The van der Waals surface area contributed by atoms with Crippen LogP contribution in [0.3, 0.4) is 0 Å². The van der Waals surface area contributed by atoms with Gasteiger partial charge in [-0.1, -0.05) is 47.9 Å². The molecule has 2 aromatic carbocycles. The first-order valence-electron chi connectivity index (χ1n) is 14.8. The number of thiazole rings is 1. The van der Waals surface area contributed by atoms with Crippen molar-refractivity contribution in [3.05, 3.63) is 59.4 Å². The van der Waals surface area contributed by atoms with E-state index in [0.29, 0.717) is 46.7 Å². The molecule has 2 aromatic heterocycles. The predicted octanol–water partition coefficient (Wildman–Crippen LogP) is 8.77. The zero-order valence-electron chi connectivity index (χ0n) is 24.1. The number of aromatic nitrogens is 2. The molecule has 1 atom stereocenters. The van der Waals surface area contributed by atoms with Gasteiger partial charge < -0.3 is 18.7 Å². The normalized spacial score (nSPS) is 16.4. The molecule has 2 aliphatic rings. The van der Waals surface area contributed by atoms with Crippen molar-refractivity contribution in [1.29, 1.82) is 0 Å². The SMILES string of the molecule is CCOC(=O)c1ccc2nc(/N=C/CC(CC3CCC3)OCc3c(-c4ccccc4OC(F)(F)F)noc3C3CC3)sc2c1. The molecule has 0 N–H and O–H groups in total. The number of hydrogen-bond acceptors (Lipinski definition) is 9. The number of hydrogen-bond donors (Lipinski definition) is 0. The topological polar surface area (TPSA) is 96.0 Å². The van der Waals surface area contributed by atoms with E-state index in [1.165, 1.54) is 29.9 Å². The number of carbonyl (C=O) groups is 1. The van der Waals surface area contributed by atoms with Crippen LogP contribution in [-0.2, 0) is 16.1 Å². The van der Waals surface area contributed by atoms with Crippen molar-refractivity contribution in [3.8, 4) is 17.0 Å². The lowest BCUT2D eigenvalue weighted by Crippen LogP contribution is -2.22. The molecule has 2 heterocycles. The van der Waals surface area contributed by atoms with E-state index in [-0.39, 0.29) is 35.9 Å². The Hall–Kier alpha value is -3.77.